The number of carbonyl (C=O) groups is 2. The Bertz CT molecular complexity index is 781. The van der Waals surface area contributed by atoms with Gasteiger partial charge in [0.05, 0.1) is 22.5 Å². The molecule has 0 atom stereocenters. The van der Waals surface area contributed by atoms with Crippen LogP contribution in [0.2, 0.25) is 0 Å². The molecule has 0 saturated heterocycles. The molecule has 22 heavy (non-hydrogen) atoms. The molecule has 2 aliphatic rings. The Morgan fingerprint density at radius 2 is 1.68 bits per heavy atom. The van der Waals surface area contributed by atoms with Crippen molar-refractivity contribution in [2.24, 2.45) is 0 Å². The molecule has 0 fully saturated rings. The highest BCUT2D eigenvalue weighted by Crippen LogP contribution is 2.35. The number of carbonyl (C=O) groups excluding carboxylic acids is 2. The van der Waals surface area contributed by atoms with Gasteiger partial charge in [-0.1, -0.05) is 48.6 Å². The average Bonchev–Trinajstić information content (AvgIpc) is 3.05. The van der Waals surface area contributed by atoms with Crippen LogP contribution in [-0.4, -0.2) is 11.8 Å². The summed E-state index contributed by atoms with van der Waals surface area (Å²) in [6, 6.07) is 9.40. The molecule has 0 radical (unpaired) electrons. The topological polar surface area (TPSA) is 58.2 Å². The lowest BCUT2D eigenvalue weighted by Crippen LogP contribution is -2.22. The molecule has 2 aliphatic heterocycles. The quantitative estimate of drug-likeness (QED) is 0.841. The van der Waals surface area contributed by atoms with Gasteiger partial charge in [-0.25, -0.2) is 0 Å². The first-order valence-electron chi connectivity index (χ1n) is 7.10. The van der Waals surface area contributed by atoms with Crippen LogP contribution >= 0.6 is 0 Å². The predicted molar refractivity (Wildman–Crippen MR) is 85.2 cm³/mol. The minimum absolute atomic E-state index is 0.240. The summed E-state index contributed by atoms with van der Waals surface area (Å²) in [5, 5.41) is 5.63. The van der Waals surface area contributed by atoms with Crippen molar-refractivity contribution in [3.8, 4) is 0 Å². The van der Waals surface area contributed by atoms with Crippen LogP contribution in [0.15, 0.2) is 71.0 Å². The fourth-order valence-corrected chi connectivity index (χ4v) is 2.62. The number of amides is 2. The fourth-order valence-electron chi connectivity index (χ4n) is 2.62. The molecule has 0 unspecified atom stereocenters. The Morgan fingerprint density at radius 3 is 2.36 bits per heavy atom. The van der Waals surface area contributed by atoms with Crippen LogP contribution in [0.4, 0.5) is 0 Å². The highest BCUT2D eigenvalue weighted by Gasteiger charge is 2.40. The van der Waals surface area contributed by atoms with E-state index in [0.717, 1.165) is 11.1 Å². The van der Waals surface area contributed by atoms with Gasteiger partial charge in [-0.05, 0) is 25.0 Å². The molecule has 2 amide bonds. The number of benzene rings is 1. The second kappa shape index (κ2) is 5.48. The van der Waals surface area contributed by atoms with Crippen LogP contribution in [-0.2, 0) is 9.59 Å². The van der Waals surface area contributed by atoms with Gasteiger partial charge in [0.15, 0.2) is 0 Å². The largest absolute Gasteiger partial charge is 0.321 e. The zero-order valence-corrected chi connectivity index (χ0v) is 12.4. The van der Waals surface area contributed by atoms with E-state index in [4.69, 9.17) is 0 Å². The van der Waals surface area contributed by atoms with E-state index >= 15 is 0 Å². The van der Waals surface area contributed by atoms with Crippen LogP contribution in [0.25, 0.3) is 5.70 Å². The summed E-state index contributed by atoms with van der Waals surface area (Å²) in [6.45, 7) is 3.79. The number of rotatable bonds is 3. The standard InChI is InChI=1S/C18H16N2O2/c1-3-4-8-11(2)15-13-14(18(22)19-15)16(20-17(13)21)12-9-6-5-7-10-12/h3-10H,1-2H3,(H,19,22)(H,20,21)/b4-3-,11-8+. The Morgan fingerprint density at radius 1 is 1.00 bits per heavy atom. The first kappa shape index (κ1) is 14.1. The van der Waals surface area contributed by atoms with Gasteiger partial charge in [-0.15, -0.1) is 0 Å². The van der Waals surface area contributed by atoms with Gasteiger partial charge in [0.25, 0.3) is 11.8 Å². The molecule has 0 aromatic heterocycles. The van der Waals surface area contributed by atoms with Crippen molar-refractivity contribution in [3.05, 3.63) is 76.5 Å². The maximum Gasteiger partial charge on any atom is 0.258 e. The van der Waals surface area contributed by atoms with Gasteiger partial charge in [0.2, 0.25) is 0 Å². The van der Waals surface area contributed by atoms with Gasteiger partial charge in [-0.2, -0.15) is 0 Å². The molecule has 2 heterocycles. The van der Waals surface area contributed by atoms with Gasteiger partial charge in [0.1, 0.15) is 0 Å². The van der Waals surface area contributed by atoms with Crippen LogP contribution in [0.3, 0.4) is 0 Å². The smallest absolute Gasteiger partial charge is 0.258 e. The van der Waals surface area contributed by atoms with E-state index in [1.165, 1.54) is 0 Å². The molecule has 110 valence electrons. The Balaban J connectivity index is 2.15. The van der Waals surface area contributed by atoms with Crippen molar-refractivity contribution in [1.29, 1.82) is 0 Å². The summed E-state index contributed by atoms with van der Waals surface area (Å²) in [6.07, 6.45) is 5.65. The zero-order chi connectivity index (χ0) is 15.7. The summed E-state index contributed by atoms with van der Waals surface area (Å²) >= 11 is 0. The maximum absolute atomic E-state index is 12.3. The van der Waals surface area contributed by atoms with E-state index in [1.54, 1.807) is 0 Å². The maximum atomic E-state index is 12.3. The lowest BCUT2D eigenvalue weighted by Gasteiger charge is -2.06. The van der Waals surface area contributed by atoms with E-state index in [9.17, 15) is 9.59 Å². The van der Waals surface area contributed by atoms with Crippen LogP contribution in [0, 0.1) is 0 Å². The van der Waals surface area contributed by atoms with Crippen LogP contribution < -0.4 is 10.6 Å². The Hall–Kier alpha value is -2.88. The van der Waals surface area contributed by atoms with E-state index in [-0.39, 0.29) is 11.8 Å². The lowest BCUT2D eigenvalue weighted by atomic mass is 10.0. The summed E-state index contributed by atoms with van der Waals surface area (Å²) < 4.78 is 0. The molecule has 4 nitrogen and oxygen atoms in total. The van der Waals surface area contributed by atoms with Gasteiger partial charge < -0.3 is 10.6 Å². The number of hydrogen-bond acceptors (Lipinski definition) is 2. The summed E-state index contributed by atoms with van der Waals surface area (Å²) in [5.74, 6) is -0.481. The minimum atomic E-state index is -0.240. The molecule has 0 spiro atoms. The van der Waals surface area contributed by atoms with Gasteiger partial charge in [0, 0.05) is 0 Å². The minimum Gasteiger partial charge on any atom is -0.321 e. The Labute approximate surface area is 128 Å². The SMILES string of the molecule is C/C=C\C=C(/C)C1=C2C(=O)NC(c3ccccc3)=C2C(=O)N1. The van der Waals surface area contributed by atoms with Crippen molar-refractivity contribution in [2.45, 2.75) is 13.8 Å². The summed E-state index contributed by atoms with van der Waals surface area (Å²) in [7, 11) is 0. The third-order valence-corrected chi connectivity index (χ3v) is 3.68. The molecule has 1 aromatic carbocycles. The highest BCUT2D eigenvalue weighted by molar-refractivity contribution is 6.25. The third kappa shape index (κ3) is 2.19. The molecule has 4 heteroatoms. The molecule has 1 aromatic rings. The lowest BCUT2D eigenvalue weighted by molar-refractivity contribution is -0.117. The van der Waals surface area contributed by atoms with Crippen molar-refractivity contribution in [2.75, 3.05) is 0 Å². The molecule has 3 rings (SSSR count). The van der Waals surface area contributed by atoms with E-state index in [2.05, 4.69) is 10.6 Å². The van der Waals surface area contributed by atoms with Gasteiger partial charge in [-0.3, -0.25) is 9.59 Å². The summed E-state index contributed by atoms with van der Waals surface area (Å²) in [5.41, 5.74) is 3.70. The van der Waals surface area contributed by atoms with Crippen molar-refractivity contribution < 1.29 is 9.59 Å². The molecule has 0 aliphatic carbocycles. The molecular weight excluding hydrogens is 276 g/mol. The van der Waals surface area contributed by atoms with E-state index in [1.807, 2.05) is 62.4 Å². The van der Waals surface area contributed by atoms with E-state index in [0.29, 0.717) is 22.5 Å². The number of fused-ring (bicyclic) bond motifs is 1. The van der Waals surface area contributed by atoms with E-state index < -0.39 is 0 Å². The third-order valence-electron chi connectivity index (χ3n) is 3.68. The number of nitrogens with one attached hydrogen (secondary N) is 2. The normalized spacial score (nSPS) is 18.2. The van der Waals surface area contributed by atoms with Crippen LogP contribution in [0.1, 0.15) is 19.4 Å². The molecule has 0 saturated carbocycles. The molecule has 0 bridgehead atoms. The fraction of sp³-hybridized carbons (Fsp3) is 0.111. The number of allylic oxidation sites excluding steroid dienone is 4. The highest BCUT2D eigenvalue weighted by atomic mass is 16.2. The average molecular weight is 292 g/mol. The molecule has 2 N–H and O–H groups in total. The van der Waals surface area contributed by atoms with Crippen molar-refractivity contribution in [1.82, 2.24) is 10.6 Å². The van der Waals surface area contributed by atoms with Crippen molar-refractivity contribution in [3.63, 3.8) is 0 Å². The molecular formula is C18H16N2O2. The zero-order valence-electron chi connectivity index (χ0n) is 12.4. The number of hydrogen-bond donors (Lipinski definition) is 2. The first-order valence-corrected chi connectivity index (χ1v) is 7.10. The van der Waals surface area contributed by atoms with Crippen LogP contribution in [0.5, 0.6) is 0 Å². The summed E-state index contributed by atoms with van der Waals surface area (Å²) in [4.78, 5) is 24.7. The second-order valence-corrected chi connectivity index (χ2v) is 5.15. The monoisotopic (exact) mass is 292 g/mol. The predicted octanol–water partition coefficient (Wildman–Crippen LogP) is 2.43. The second-order valence-electron chi connectivity index (χ2n) is 5.15. The van der Waals surface area contributed by atoms with Gasteiger partial charge >= 0.3 is 0 Å². The van der Waals surface area contributed by atoms with Crippen molar-refractivity contribution >= 4 is 17.5 Å². The Kier molecular flexibility index (Phi) is 3.51. The first-order chi connectivity index (χ1) is 10.6.